The van der Waals surface area contributed by atoms with E-state index >= 15 is 0 Å². The molecule has 2 unspecified atom stereocenters. The van der Waals surface area contributed by atoms with E-state index in [-0.39, 0.29) is 40.6 Å². The van der Waals surface area contributed by atoms with Gasteiger partial charge in [-0.15, -0.1) is 0 Å². The molecule has 36 heavy (non-hydrogen) atoms. The molecular formula is C24H19F5N4O3. The van der Waals surface area contributed by atoms with Crippen LogP contribution in [0.3, 0.4) is 0 Å². The number of aromatic nitrogens is 2. The molecule has 188 valence electrons. The van der Waals surface area contributed by atoms with Crippen LogP contribution < -0.4 is 10.1 Å². The highest BCUT2D eigenvalue weighted by Crippen LogP contribution is 2.40. The van der Waals surface area contributed by atoms with Crippen molar-refractivity contribution in [3.05, 3.63) is 65.8 Å². The van der Waals surface area contributed by atoms with E-state index in [1.165, 1.54) is 24.5 Å². The molecule has 2 aliphatic rings. The highest BCUT2D eigenvalue weighted by atomic mass is 19.2. The number of alkyl halides is 2. The topological polar surface area (TPSA) is 91.8 Å². The van der Waals surface area contributed by atoms with Crippen LogP contribution in [0.5, 0.6) is 11.5 Å². The van der Waals surface area contributed by atoms with Crippen molar-refractivity contribution in [1.82, 2.24) is 9.97 Å². The first-order chi connectivity index (χ1) is 17.3. The number of benzene rings is 1. The Morgan fingerprint density at radius 3 is 2.67 bits per heavy atom. The Morgan fingerprint density at radius 1 is 1.22 bits per heavy atom. The third-order valence-electron chi connectivity index (χ3n) is 5.72. The molecular weight excluding hydrogens is 487 g/mol. The van der Waals surface area contributed by atoms with Crippen LogP contribution in [-0.4, -0.2) is 52.7 Å². The number of aliphatic hydroxyl groups is 1. The molecule has 2 atom stereocenters. The molecule has 0 fully saturated rings. The summed E-state index contributed by atoms with van der Waals surface area (Å²) >= 11 is 0. The van der Waals surface area contributed by atoms with E-state index in [1.807, 2.05) is 0 Å². The minimum atomic E-state index is -2.02. The number of anilines is 1. The molecule has 0 saturated heterocycles. The number of nitrogens with one attached hydrogen (secondary N) is 2. The fourth-order valence-corrected chi connectivity index (χ4v) is 3.87. The van der Waals surface area contributed by atoms with Crippen LogP contribution in [0.4, 0.5) is 27.6 Å². The molecule has 1 aliphatic carbocycles. The summed E-state index contributed by atoms with van der Waals surface area (Å²) in [6.45, 7) is -1.63. The van der Waals surface area contributed by atoms with E-state index in [0.717, 1.165) is 18.2 Å². The van der Waals surface area contributed by atoms with Gasteiger partial charge in [0.2, 0.25) is 0 Å². The zero-order chi connectivity index (χ0) is 25.4. The number of pyridine rings is 1. The van der Waals surface area contributed by atoms with Gasteiger partial charge in [0.1, 0.15) is 30.0 Å². The minimum absolute atomic E-state index is 0.00108. The van der Waals surface area contributed by atoms with Gasteiger partial charge in [0.25, 0.3) is 6.02 Å². The van der Waals surface area contributed by atoms with Gasteiger partial charge in [0.05, 0.1) is 18.5 Å². The first-order valence-electron chi connectivity index (χ1n) is 10.8. The van der Waals surface area contributed by atoms with Crippen LogP contribution in [-0.2, 0) is 4.74 Å². The number of hydrogen-bond donors (Lipinski definition) is 3. The van der Waals surface area contributed by atoms with Crippen LogP contribution in [0, 0.1) is 11.6 Å². The Morgan fingerprint density at radius 2 is 2.00 bits per heavy atom. The molecule has 5 rings (SSSR count). The maximum atomic E-state index is 14.9. The summed E-state index contributed by atoms with van der Waals surface area (Å²) in [4.78, 5) is 10.8. The smallest absolute Gasteiger partial charge is 0.289 e. The van der Waals surface area contributed by atoms with Gasteiger partial charge in [0.15, 0.2) is 23.1 Å². The fourth-order valence-electron chi connectivity index (χ4n) is 3.87. The summed E-state index contributed by atoms with van der Waals surface area (Å²) in [5.41, 5.74) is -1.32. The van der Waals surface area contributed by atoms with Crippen molar-refractivity contribution < 1.29 is 36.5 Å². The Bertz CT molecular complexity index is 1400. The highest BCUT2D eigenvalue weighted by molar-refractivity contribution is 5.96. The van der Waals surface area contributed by atoms with E-state index in [1.54, 1.807) is 0 Å². The van der Waals surface area contributed by atoms with Crippen molar-refractivity contribution in [3.63, 3.8) is 0 Å². The Kier molecular flexibility index (Phi) is 6.12. The molecule has 2 aromatic heterocycles. The van der Waals surface area contributed by atoms with Crippen LogP contribution in [0.2, 0.25) is 0 Å². The number of hydrogen-bond acceptors (Lipinski definition) is 6. The molecule has 3 aromatic rings. The van der Waals surface area contributed by atoms with Gasteiger partial charge < -0.3 is 24.9 Å². The Labute approximate surface area is 201 Å². The standard InChI is InChI=1S/C24H19F5N4O3/c25-12-1-2-14(16(26)5-12)15-8-31-22-20(15)19(3-4-30-22)36-21-17(27)6-13(7-18(21)28)33-23-32-9-24(29,10-34)11-35-23/h1-4,6-8,16,34H,5,9-11H2,(H,30,31)(H,32,33). The van der Waals surface area contributed by atoms with Crippen molar-refractivity contribution in [2.75, 3.05) is 25.1 Å². The summed E-state index contributed by atoms with van der Waals surface area (Å²) < 4.78 is 82.4. The summed E-state index contributed by atoms with van der Waals surface area (Å²) in [6.07, 6.45) is 3.23. The Balaban J connectivity index is 1.44. The second-order valence-electron chi connectivity index (χ2n) is 8.36. The van der Waals surface area contributed by atoms with Crippen LogP contribution in [0.25, 0.3) is 16.6 Å². The molecule has 0 radical (unpaired) electrons. The second kappa shape index (κ2) is 9.26. The van der Waals surface area contributed by atoms with E-state index < -0.39 is 54.7 Å². The number of halogens is 5. The van der Waals surface area contributed by atoms with Gasteiger partial charge in [-0.2, -0.15) is 0 Å². The number of fused-ring (bicyclic) bond motifs is 1. The van der Waals surface area contributed by atoms with Gasteiger partial charge in [-0.1, -0.05) is 6.08 Å². The predicted molar refractivity (Wildman–Crippen MR) is 122 cm³/mol. The summed E-state index contributed by atoms with van der Waals surface area (Å²) in [5.74, 6) is -3.47. The molecule has 1 aliphatic heterocycles. The van der Waals surface area contributed by atoms with Gasteiger partial charge in [-0.3, -0.25) is 0 Å². The number of aliphatic imine (C=N–C) groups is 1. The van der Waals surface area contributed by atoms with Crippen LogP contribution >= 0.6 is 0 Å². The number of aromatic amines is 1. The average Bonchev–Trinajstić information content (AvgIpc) is 3.28. The number of aliphatic hydroxyl groups excluding tert-OH is 1. The normalized spacial score (nSPS) is 21.9. The van der Waals surface area contributed by atoms with Crippen molar-refractivity contribution in [2.45, 2.75) is 18.3 Å². The Hall–Kier alpha value is -3.93. The number of rotatable bonds is 5. The average molecular weight is 506 g/mol. The number of nitrogens with zero attached hydrogens (tertiary/aromatic N) is 2. The second-order valence-corrected chi connectivity index (χ2v) is 8.36. The van der Waals surface area contributed by atoms with Crippen LogP contribution in [0.15, 0.2) is 53.6 Å². The lowest BCUT2D eigenvalue weighted by Gasteiger charge is -2.26. The third kappa shape index (κ3) is 4.51. The third-order valence-corrected chi connectivity index (χ3v) is 5.72. The highest BCUT2D eigenvalue weighted by Gasteiger charge is 2.34. The van der Waals surface area contributed by atoms with Gasteiger partial charge in [-0.05, 0) is 17.7 Å². The maximum Gasteiger partial charge on any atom is 0.289 e. The van der Waals surface area contributed by atoms with E-state index in [0.29, 0.717) is 5.56 Å². The lowest BCUT2D eigenvalue weighted by molar-refractivity contribution is 0.0181. The fraction of sp³-hybridized carbons (Fsp3) is 0.250. The summed E-state index contributed by atoms with van der Waals surface area (Å²) in [7, 11) is 0. The summed E-state index contributed by atoms with van der Waals surface area (Å²) in [6, 6.07) is 3.06. The van der Waals surface area contributed by atoms with Gasteiger partial charge in [0, 0.05) is 42.2 Å². The summed E-state index contributed by atoms with van der Waals surface area (Å²) in [5, 5.41) is 11.8. The zero-order valence-corrected chi connectivity index (χ0v) is 18.5. The molecule has 0 amide bonds. The van der Waals surface area contributed by atoms with E-state index in [9.17, 15) is 22.0 Å². The van der Waals surface area contributed by atoms with E-state index in [2.05, 4.69) is 20.3 Å². The van der Waals surface area contributed by atoms with Crippen molar-refractivity contribution in [2.24, 2.45) is 4.99 Å². The molecule has 7 nitrogen and oxygen atoms in total. The predicted octanol–water partition coefficient (Wildman–Crippen LogP) is 5.11. The number of ether oxygens (including phenoxy) is 2. The largest absolute Gasteiger partial charge is 0.461 e. The lowest BCUT2D eigenvalue weighted by atomic mass is 9.95. The van der Waals surface area contributed by atoms with Crippen LogP contribution in [0.1, 0.15) is 12.0 Å². The first kappa shape index (κ1) is 23.8. The van der Waals surface area contributed by atoms with Gasteiger partial charge in [-0.25, -0.2) is 31.9 Å². The number of H-pyrrole nitrogens is 1. The lowest BCUT2D eigenvalue weighted by Crippen LogP contribution is -2.43. The maximum absolute atomic E-state index is 14.9. The zero-order valence-electron chi connectivity index (χ0n) is 18.5. The molecule has 1 aromatic carbocycles. The molecule has 0 bridgehead atoms. The molecule has 3 heterocycles. The quantitative estimate of drug-likeness (QED) is 0.419. The molecule has 0 spiro atoms. The van der Waals surface area contributed by atoms with Crippen molar-refractivity contribution >= 4 is 28.3 Å². The number of allylic oxidation sites excluding steroid dienone is 4. The molecule has 3 N–H and O–H groups in total. The number of amidine groups is 1. The molecule has 12 heteroatoms. The van der Waals surface area contributed by atoms with Crippen molar-refractivity contribution in [3.8, 4) is 11.5 Å². The first-order valence-corrected chi connectivity index (χ1v) is 10.8. The molecule has 0 saturated carbocycles. The van der Waals surface area contributed by atoms with Crippen molar-refractivity contribution in [1.29, 1.82) is 0 Å². The minimum Gasteiger partial charge on any atom is -0.461 e. The van der Waals surface area contributed by atoms with Gasteiger partial charge >= 0.3 is 0 Å². The SMILES string of the molecule is OCC1(F)CN=C(Nc2cc(F)c(Oc3ccnc4[nH]cc(C5=CC=C(F)CC5F)c34)c(F)c2)OC1. The van der Waals surface area contributed by atoms with E-state index in [4.69, 9.17) is 14.6 Å². The monoisotopic (exact) mass is 506 g/mol.